The lowest BCUT2D eigenvalue weighted by Gasteiger charge is -2.37. The molecule has 0 bridgehead atoms. The van der Waals surface area contributed by atoms with Gasteiger partial charge in [0, 0.05) is 10.8 Å². The van der Waals surface area contributed by atoms with Crippen LogP contribution in [0.2, 0.25) is 0 Å². The van der Waals surface area contributed by atoms with E-state index < -0.39 is 34.7 Å². The Morgan fingerprint density at radius 3 is 2.45 bits per heavy atom. The van der Waals surface area contributed by atoms with Crippen molar-refractivity contribution in [1.29, 1.82) is 5.26 Å². The Kier molecular flexibility index (Phi) is 9.42. The van der Waals surface area contributed by atoms with Crippen LogP contribution in [0.5, 0.6) is 0 Å². The van der Waals surface area contributed by atoms with Crippen LogP contribution in [0.4, 0.5) is 17.6 Å². The second-order valence-electron chi connectivity index (χ2n) is 9.12. The fourth-order valence-corrected chi connectivity index (χ4v) is 5.43. The van der Waals surface area contributed by atoms with Crippen molar-refractivity contribution in [1.82, 2.24) is 14.8 Å². The highest BCUT2D eigenvalue weighted by Crippen LogP contribution is 2.39. The normalized spacial score (nSPS) is 20.4. The molecule has 1 aliphatic rings. The number of ether oxygens (including phenoxy) is 2. The van der Waals surface area contributed by atoms with Crippen LogP contribution in [-0.2, 0) is 27.8 Å². The van der Waals surface area contributed by atoms with E-state index in [4.69, 9.17) is 14.7 Å². The number of halogens is 4. The molecule has 1 fully saturated rings. The third-order valence-corrected chi connectivity index (χ3v) is 7.78. The van der Waals surface area contributed by atoms with Crippen LogP contribution in [0.1, 0.15) is 29.2 Å². The minimum absolute atomic E-state index is 0.0154. The van der Waals surface area contributed by atoms with Gasteiger partial charge in [-0.25, -0.2) is 14.1 Å². The standard InChI is InChI=1S/C28H26F4N4O3S/c1-19(27(37,16-36-18-34-17-35-36)22-8-10-23(11-9-22)28(30,31)32)40-24-14-38-26(39-15-24)5-3-2-4-21-7-6-20(13-33)12-25(21)29/h2-12,17-19,24,26,37H,14-16H2,1H3/b4-2+,5-3+/t19-,24-,26-,27-/m1/s1. The molecule has 1 saturated heterocycles. The molecule has 12 heteroatoms. The van der Waals surface area contributed by atoms with Crippen molar-refractivity contribution in [3.05, 3.63) is 101 Å². The van der Waals surface area contributed by atoms with Crippen LogP contribution >= 0.6 is 11.8 Å². The Labute approximate surface area is 232 Å². The number of hydrogen-bond acceptors (Lipinski definition) is 7. The zero-order valence-electron chi connectivity index (χ0n) is 21.3. The van der Waals surface area contributed by atoms with Crippen molar-refractivity contribution < 1.29 is 32.1 Å². The van der Waals surface area contributed by atoms with Gasteiger partial charge < -0.3 is 14.6 Å². The number of allylic oxidation sites excluding steroid dienone is 2. The average Bonchev–Trinajstić information content (AvgIpc) is 3.45. The smallest absolute Gasteiger partial charge is 0.382 e. The van der Waals surface area contributed by atoms with E-state index in [2.05, 4.69) is 10.1 Å². The number of aliphatic hydroxyl groups is 1. The molecular formula is C28H26F4N4O3S. The number of aromatic nitrogens is 3. The Morgan fingerprint density at radius 1 is 1.15 bits per heavy atom. The topological polar surface area (TPSA) is 93.2 Å². The van der Waals surface area contributed by atoms with E-state index in [1.165, 1.54) is 59.4 Å². The molecule has 0 aliphatic carbocycles. The fourth-order valence-electron chi connectivity index (χ4n) is 4.10. The summed E-state index contributed by atoms with van der Waals surface area (Å²) in [6.07, 6.45) is 4.18. The molecule has 0 radical (unpaired) electrons. The van der Waals surface area contributed by atoms with E-state index in [0.29, 0.717) is 24.3 Å². The number of hydrogen-bond donors (Lipinski definition) is 1. The lowest BCUT2D eigenvalue weighted by atomic mass is 9.90. The number of benzene rings is 2. The van der Waals surface area contributed by atoms with E-state index in [1.807, 2.05) is 6.07 Å². The van der Waals surface area contributed by atoms with Gasteiger partial charge in [0.1, 0.15) is 24.1 Å². The molecule has 0 amide bonds. The second-order valence-corrected chi connectivity index (χ2v) is 10.8. The molecule has 4 rings (SSSR count). The number of rotatable bonds is 9. The highest BCUT2D eigenvalue weighted by Gasteiger charge is 2.40. The van der Waals surface area contributed by atoms with E-state index in [1.54, 1.807) is 31.2 Å². The van der Waals surface area contributed by atoms with Crippen molar-refractivity contribution in [3.63, 3.8) is 0 Å². The van der Waals surface area contributed by atoms with Gasteiger partial charge in [0.2, 0.25) is 0 Å². The maximum Gasteiger partial charge on any atom is 0.416 e. The quantitative estimate of drug-likeness (QED) is 0.273. The summed E-state index contributed by atoms with van der Waals surface area (Å²) in [5.41, 5.74) is -1.46. The SMILES string of the molecule is C[C@@H](S[C@H]1CO[C@H](/C=C/C=C/c2ccc(C#N)cc2F)OC1)[C@](O)(Cn1cncn1)c1ccc(C(F)(F)F)cc1. The van der Waals surface area contributed by atoms with Gasteiger partial charge in [0.05, 0.1) is 42.2 Å². The maximum atomic E-state index is 14.0. The van der Waals surface area contributed by atoms with Crippen molar-refractivity contribution in [2.45, 2.75) is 42.0 Å². The van der Waals surface area contributed by atoms with E-state index in [0.717, 1.165) is 12.1 Å². The van der Waals surface area contributed by atoms with Gasteiger partial charge in [-0.3, -0.25) is 0 Å². The molecule has 7 nitrogen and oxygen atoms in total. The van der Waals surface area contributed by atoms with Crippen LogP contribution in [0.3, 0.4) is 0 Å². The summed E-state index contributed by atoms with van der Waals surface area (Å²) < 4.78 is 66.2. The number of alkyl halides is 3. The summed E-state index contributed by atoms with van der Waals surface area (Å²) in [5.74, 6) is -0.497. The van der Waals surface area contributed by atoms with Gasteiger partial charge in [-0.2, -0.15) is 23.5 Å². The van der Waals surface area contributed by atoms with Crippen molar-refractivity contribution >= 4 is 17.8 Å². The first-order valence-corrected chi connectivity index (χ1v) is 13.2. The van der Waals surface area contributed by atoms with Crippen molar-refractivity contribution in [3.8, 4) is 6.07 Å². The molecule has 0 saturated carbocycles. The number of nitriles is 1. The first-order valence-electron chi connectivity index (χ1n) is 12.2. The minimum Gasteiger partial charge on any atom is -0.382 e. The monoisotopic (exact) mass is 574 g/mol. The Balaban J connectivity index is 1.36. The highest BCUT2D eigenvalue weighted by molar-refractivity contribution is 8.00. The van der Waals surface area contributed by atoms with E-state index in [9.17, 15) is 22.7 Å². The molecule has 2 aromatic carbocycles. The van der Waals surface area contributed by atoms with Crippen LogP contribution in [0, 0.1) is 17.1 Å². The lowest BCUT2D eigenvalue weighted by Crippen LogP contribution is -2.43. The predicted octanol–water partition coefficient (Wildman–Crippen LogP) is 5.33. The summed E-state index contributed by atoms with van der Waals surface area (Å²) in [6, 6.07) is 10.6. The van der Waals surface area contributed by atoms with Gasteiger partial charge in [0.25, 0.3) is 0 Å². The molecule has 3 aromatic rings. The zero-order valence-corrected chi connectivity index (χ0v) is 22.1. The molecule has 1 aliphatic heterocycles. The molecule has 1 aromatic heterocycles. The van der Waals surface area contributed by atoms with Crippen LogP contribution < -0.4 is 0 Å². The third kappa shape index (κ3) is 7.37. The largest absolute Gasteiger partial charge is 0.416 e. The van der Waals surface area contributed by atoms with Gasteiger partial charge in [0.15, 0.2) is 6.29 Å². The predicted molar refractivity (Wildman–Crippen MR) is 141 cm³/mol. The van der Waals surface area contributed by atoms with Gasteiger partial charge in [-0.15, -0.1) is 11.8 Å². The molecule has 2 heterocycles. The molecule has 0 spiro atoms. The summed E-state index contributed by atoms with van der Waals surface area (Å²) in [7, 11) is 0. The first kappa shape index (κ1) is 29.5. The fraction of sp³-hybridized carbons (Fsp3) is 0.321. The third-order valence-electron chi connectivity index (χ3n) is 6.33. The summed E-state index contributed by atoms with van der Waals surface area (Å²) in [5, 5.41) is 24.0. The highest BCUT2D eigenvalue weighted by atomic mass is 32.2. The number of nitrogens with zero attached hydrogens (tertiary/aromatic N) is 4. The summed E-state index contributed by atoms with van der Waals surface area (Å²) in [4.78, 5) is 3.89. The molecule has 0 unspecified atom stereocenters. The van der Waals surface area contributed by atoms with E-state index in [-0.39, 0.29) is 17.4 Å². The summed E-state index contributed by atoms with van der Waals surface area (Å²) >= 11 is 1.40. The van der Waals surface area contributed by atoms with Crippen molar-refractivity contribution in [2.75, 3.05) is 13.2 Å². The Bertz CT molecular complexity index is 1370. The van der Waals surface area contributed by atoms with Crippen molar-refractivity contribution in [2.24, 2.45) is 0 Å². The van der Waals surface area contributed by atoms with Gasteiger partial charge >= 0.3 is 6.18 Å². The Hall–Kier alpha value is -3.50. The van der Waals surface area contributed by atoms with Crippen LogP contribution in [0.25, 0.3) is 6.08 Å². The van der Waals surface area contributed by atoms with Crippen LogP contribution in [0.15, 0.2) is 73.3 Å². The van der Waals surface area contributed by atoms with Crippen LogP contribution in [-0.4, -0.2) is 49.9 Å². The average molecular weight is 575 g/mol. The molecular weight excluding hydrogens is 548 g/mol. The summed E-state index contributed by atoms with van der Waals surface area (Å²) in [6.45, 7) is 2.39. The van der Waals surface area contributed by atoms with Gasteiger partial charge in [-0.1, -0.05) is 43.4 Å². The zero-order chi connectivity index (χ0) is 28.8. The van der Waals surface area contributed by atoms with E-state index >= 15 is 0 Å². The lowest BCUT2D eigenvalue weighted by molar-refractivity contribution is -0.146. The molecule has 1 N–H and O–H groups in total. The second kappa shape index (κ2) is 12.8. The minimum atomic E-state index is -4.49. The molecule has 2 atom stereocenters. The first-order chi connectivity index (χ1) is 19.1. The maximum absolute atomic E-state index is 14.0. The van der Waals surface area contributed by atoms with Gasteiger partial charge in [-0.05, 0) is 35.9 Å². The molecule has 210 valence electrons. The molecule has 40 heavy (non-hydrogen) atoms. The number of thioether (sulfide) groups is 1. The Morgan fingerprint density at radius 2 is 1.85 bits per heavy atom.